The molecule has 0 aliphatic carbocycles. The van der Waals surface area contributed by atoms with E-state index in [0.29, 0.717) is 52.7 Å². The quantitative estimate of drug-likeness (QED) is 0.681. The van der Waals surface area contributed by atoms with Gasteiger partial charge in [0.25, 0.3) is 5.91 Å². The van der Waals surface area contributed by atoms with E-state index in [1.165, 1.54) is 4.31 Å². The first-order chi connectivity index (χ1) is 14.2. The van der Waals surface area contributed by atoms with Crippen molar-refractivity contribution in [3.05, 3.63) is 58.1 Å². The lowest BCUT2D eigenvalue weighted by atomic mass is 10.0. The monoisotopic (exact) mass is 470 g/mol. The highest BCUT2D eigenvalue weighted by Crippen LogP contribution is 2.29. The lowest BCUT2D eigenvalue weighted by Gasteiger charge is -2.31. The number of nitrogens with one attached hydrogen (secondary N) is 2. The molecule has 162 valence electrons. The summed E-state index contributed by atoms with van der Waals surface area (Å²) in [6.45, 7) is 6.19. The number of hydrogen-bond donors (Lipinski definition) is 2. The summed E-state index contributed by atoms with van der Waals surface area (Å²) >= 11 is 12.2. The molecule has 1 aliphatic rings. The van der Waals surface area contributed by atoms with Crippen LogP contribution in [0.5, 0.6) is 0 Å². The Hall–Kier alpha value is -1.64. The average molecular weight is 471 g/mol. The van der Waals surface area contributed by atoms with Gasteiger partial charge in [0.15, 0.2) is 6.54 Å². The van der Waals surface area contributed by atoms with Crippen LogP contribution in [0.1, 0.15) is 25.3 Å². The molecule has 2 aromatic rings. The van der Waals surface area contributed by atoms with Crippen molar-refractivity contribution in [3.63, 3.8) is 0 Å². The van der Waals surface area contributed by atoms with E-state index in [4.69, 9.17) is 23.2 Å². The van der Waals surface area contributed by atoms with Crippen molar-refractivity contribution >= 4 is 44.8 Å². The van der Waals surface area contributed by atoms with Crippen LogP contribution in [0.15, 0.2) is 47.4 Å². The van der Waals surface area contributed by atoms with E-state index in [-0.39, 0.29) is 12.5 Å². The predicted octanol–water partition coefficient (Wildman–Crippen LogP) is 2.64. The van der Waals surface area contributed by atoms with Gasteiger partial charge in [0, 0.05) is 0 Å². The van der Waals surface area contributed by atoms with Gasteiger partial charge < -0.3 is 10.2 Å². The molecule has 1 amide bonds. The zero-order valence-corrected chi connectivity index (χ0v) is 19.3. The minimum atomic E-state index is -3.53. The number of carbonyl (C=O) groups is 1. The van der Waals surface area contributed by atoms with E-state index in [9.17, 15) is 13.2 Å². The van der Waals surface area contributed by atoms with E-state index in [0.717, 1.165) is 10.5 Å². The largest absolute Gasteiger partial charge is 0.325 e. The van der Waals surface area contributed by atoms with Crippen molar-refractivity contribution in [3.8, 4) is 0 Å². The van der Waals surface area contributed by atoms with Gasteiger partial charge in [-0.05, 0) is 35.7 Å². The van der Waals surface area contributed by atoms with Crippen LogP contribution in [0.25, 0.3) is 0 Å². The van der Waals surface area contributed by atoms with Gasteiger partial charge in [-0.15, -0.1) is 0 Å². The van der Waals surface area contributed by atoms with Crippen LogP contribution in [0.4, 0.5) is 5.69 Å². The second-order valence-corrected chi connectivity index (χ2v) is 10.5. The van der Waals surface area contributed by atoms with Gasteiger partial charge in [0.1, 0.15) is 0 Å². The zero-order valence-electron chi connectivity index (χ0n) is 17.0. The average Bonchev–Trinajstić information content (AvgIpc) is 2.71. The van der Waals surface area contributed by atoms with Gasteiger partial charge in [0.05, 0.1) is 46.8 Å². The summed E-state index contributed by atoms with van der Waals surface area (Å²) in [5.74, 6) is 0.140. The Morgan fingerprint density at radius 3 is 2.17 bits per heavy atom. The zero-order chi connectivity index (χ0) is 21.9. The van der Waals surface area contributed by atoms with Crippen LogP contribution < -0.4 is 10.2 Å². The number of amides is 1. The SMILES string of the molecule is CC(C)c1ccc(S(=O)(=O)N2CC[NH+](CC(=O)Nc3c(Cl)cccc3Cl)CC2)cc1. The third kappa shape index (κ3) is 5.34. The first kappa shape index (κ1) is 23.0. The lowest BCUT2D eigenvalue weighted by molar-refractivity contribution is -0.895. The molecule has 1 heterocycles. The summed E-state index contributed by atoms with van der Waals surface area (Å²) in [5, 5.41) is 3.51. The molecular weight excluding hydrogens is 445 g/mol. The van der Waals surface area contributed by atoms with Crippen molar-refractivity contribution in [1.29, 1.82) is 0 Å². The van der Waals surface area contributed by atoms with Gasteiger partial charge >= 0.3 is 0 Å². The number of quaternary nitrogens is 1. The molecule has 3 rings (SSSR count). The van der Waals surface area contributed by atoms with Crippen LogP contribution in [0.3, 0.4) is 0 Å². The van der Waals surface area contributed by atoms with E-state index in [2.05, 4.69) is 19.2 Å². The highest BCUT2D eigenvalue weighted by atomic mass is 35.5. The predicted molar refractivity (Wildman–Crippen MR) is 120 cm³/mol. The van der Waals surface area contributed by atoms with Crippen molar-refractivity contribution in [2.75, 3.05) is 38.0 Å². The second-order valence-electron chi connectivity index (χ2n) is 7.70. The standard InChI is InChI=1S/C21H25Cl2N3O3S/c1-15(2)16-6-8-17(9-7-16)30(28,29)26-12-10-25(11-13-26)14-20(27)24-21-18(22)4-3-5-19(21)23/h3-9,15H,10-14H2,1-2H3,(H,24,27)/p+1. The molecular formula is C21H26Cl2N3O3S+. The van der Waals surface area contributed by atoms with E-state index >= 15 is 0 Å². The summed E-state index contributed by atoms with van der Waals surface area (Å²) in [6, 6.07) is 12.1. The van der Waals surface area contributed by atoms with Crippen LogP contribution in [0.2, 0.25) is 10.0 Å². The summed E-state index contributed by atoms with van der Waals surface area (Å²) in [5.41, 5.74) is 1.50. The molecule has 2 N–H and O–H groups in total. The number of hydrogen-bond acceptors (Lipinski definition) is 3. The number of rotatable bonds is 6. The Bertz CT molecular complexity index is 982. The molecule has 6 nitrogen and oxygen atoms in total. The Balaban J connectivity index is 1.57. The first-order valence-corrected chi connectivity index (χ1v) is 12.1. The number of sulfonamides is 1. The summed E-state index contributed by atoms with van der Waals surface area (Å²) in [6.07, 6.45) is 0. The van der Waals surface area contributed by atoms with Gasteiger partial charge in [-0.1, -0.05) is 55.2 Å². The van der Waals surface area contributed by atoms with Crippen LogP contribution >= 0.6 is 23.2 Å². The minimum Gasteiger partial charge on any atom is -0.325 e. The Morgan fingerprint density at radius 1 is 1.07 bits per heavy atom. The second kappa shape index (κ2) is 9.66. The van der Waals surface area contributed by atoms with Gasteiger partial charge in [-0.25, -0.2) is 8.42 Å². The van der Waals surface area contributed by atoms with E-state index in [1.807, 2.05) is 12.1 Å². The molecule has 1 saturated heterocycles. The molecule has 0 aromatic heterocycles. The number of benzene rings is 2. The van der Waals surface area contributed by atoms with Crippen LogP contribution in [-0.4, -0.2) is 51.4 Å². The molecule has 1 aliphatic heterocycles. The number of para-hydroxylation sites is 1. The topological polar surface area (TPSA) is 70.9 Å². The number of anilines is 1. The highest BCUT2D eigenvalue weighted by molar-refractivity contribution is 7.89. The number of piperazine rings is 1. The number of carbonyl (C=O) groups excluding carboxylic acids is 1. The molecule has 0 saturated carbocycles. The maximum Gasteiger partial charge on any atom is 0.279 e. The van der Waals surface area contributed by atoms with Crippen molar-refractivity contribution in [1.82, 2.24) is 4.31 Å². The van der Waals surface area contributed by atoms with E-state index in [1.54, 1.807) is 30.3 Å². The fraction of sp³-hybridized carbons (Fsp3) is 0.381. The van der Waals surface area contributed by atoms with Crippen molar-refractivity contribution < 1.29 is 18.1 Å². The number of nitrogens with zero attached hydrogens (tertiary/aromatic N) is 1. The fourth-order valence-corrected chi connectivity index (χ4v) is 5.35. The molecule has 0 atom stereocenters. The third-order valence-electron chi connectivity index (χ3n) is 5.25. The maximum absolute atomic E-state index is 12.9. The molecule has 0 radical (unpaired) electrons. The van der Waals surface area contributed by atoms with E-state index < -0.39 is 10.0 Å². The molecule has 9 heteroatoms. The van der Waals surface area contributed by atoms with Crippen LogP contribution in [0, 0.1) is 0 Å². The molecule has 30 heavy (non-hydrogen) atoms. The molecule has 2 aromatic carbocycles. The van der Waals surface area contributed by atoms with Gasteiger partial charge in [-0.2, -0.15) is 4.31 Å². The minimum absolute atomic E-state index is 0.208. The molecule has 1 fully saturated rings. The molecule has 0 spiro atoms. The summed E-state index contributed by atoms with van der Waals surface area (Å²) in [7, 11) is -3.53. The van der Waals surface area contributed by atoms with Crippen molar-refractivity contribution in [2.45, 2.75) is 24.7 Å². The normalized spacial score (nSPS) is 16.0. The number of halogens is 2. The van der Waals surface area contributed by atoms with Crippen LogP contribution in [-0.2, 0) is 14.8 Å². The van der Waals surface area contributed by atoms with Gasteiger partial charge in [0.2, 0.25) is 10.0 Å². The Kier molecular flexibility index (Phi) is 7.42. The molecule has 0 bridgehead atoms. The molecule has 0 unspecified atom stereocenters. The first-order valence-electron chi connectivity index (χ1n) is 9.86. The fourth-order valence-electron chi connectivity index (χ4n) is 3.42. The lowest BCUT2D eigenvalue weighted by Crippen LogP contribution is -3.15. The Labute approximate surface area is 187 Å². The van der Waals surface area contributed by atoms with Crippen molar-refractivity contribution in [2.24, 2.45) is 0 Å². The maximum atomic E-state index is 12.9. The Morgan fingerprint density at radius 2 is 1.63 bits per heavy atom. The summed E-state index contributed by atoms with van der Waals surface area (Å²) < 4.78 is 27.3. The smallest absolute Gasteiger partial charge is 0.279 e. The van der Waals surface area contributed by atoms with Gasteiger partial charge in [-0.3, -0.25) is 4.79 Å². The summed E-state index contributed by atoms with van der Waals surface area (Å²) in [4.78, 5) is 13.7. The highest BCUT2D eigenvalue weighted by Gasteiger charge is 2.31. The third-order valence-corrected chi connectivity index (χ3v) is 7.79.